The van der Waals surface area contributed by atoms with Crippen molar-refractivity contribution in [3.05, 3.63) is 47.8 Å². The van der Waals surface area contributed by atoms with Crippen LogP contribution < -0.4 is 10.1 Å². The lowest BCUT2D eigenvalue weighted by atomic mass is 10.1. The fourth-order valence-electron chi connectivity index (χ4n) is 2.67. The van der Waals surface area contributed by atoms with Crippen molar-refractivity contribution in [2.75, 3.05) is 6.54 Å². The summed E-state index contributed by atoms with van der Waals surface area (Å²) in [6.07, 6.45) is 4.46. The number of rotatable bonds is 5. The SMILES string of the molecule is O=C(O)c1c(OCc2ccccc2)cnn1C1CCCCN1. The normalized spacial score (nSPS) is 18.1. The van der Waals surface area contributed by atoms with E-state index in [0.29, 0.717) is 12.4 Å². The van der Waals surface area contributed by atoms with Crippen molar-refractivity contribution < 1.29 is 14.6 Å². The summed E-state index contributed by atoms with van der Waals surface area (Å²) in [4.78, 5) is 11.6. The standard InChI is InChI=1S/C16H19N3O3/c20-16(21)15-13(22-11-12-6-2-1-3-7-12)10-18-19(15)14-8-4-5-9-17-14/h1-3,6-7,10,14,17H,4-5,8-9,11H2,(H,20,21). The molecule has 22 heavy (non-hydrogen) atoms. The van der Waals surface area contributed by atoms with E-state index >= 15 is 0 Å². The van der Waals surface area contributed by atoms with Crippen LogP contribution in [0.5, 0.6) is 5.75 Å². The molecular weight excluding hydrogens is 282 g/mol. The molecule has 0 amide bonds. The average molecular weight is 301 g/mol. The highest BCUT2D eigenvalue weighted by Gasteiger charge is 2.25. The molecule has 1 aromatic carbocycles. The predicted octanol–water partition coefficient (Wildman–Crippen LogP) is 2.43. The van der Waals surface area contributed by atoms with Crippen molar-refractivity contribution in [1.29, 1.82) is 0 Å². The van der Waals surface area contributed by atoms with E-state index < -0.39 is 5.97 Å². The number of aromatic nitrogens is 2. The van der Waals surface area contributed by atoms with Gasteiger partial charge in [-0.05, 0) is 31.4 Å². The van der Waals surface area contributed by atoms with Crippen LogP contribution in [0.1, 0.15) is 41.5 Å². The highest BCUT2D eigenvalue weighted by molar-refractivity contribution is 5.88. The molecule has 1 fully saturated rings. The second-order valence-corrected chi connectivity index (χ2v) is 5.35. The van der Waals surface area contributed by atoms with Gasteiger partial charge in [-0.3, -0.25) is 5.32 Å². The van der Waals surface area contributed by atoms with Crippen molar-refractivity contribution in [3.63, 3.8) is 0 Å². The molecule has 1 unspecified atom stereocenters. The van der Waals surface area contributed by atoms with E-state index in [0.717, 1.165) is 31.4 Å². The summed E-state index contributed by atoms with van der Waals surface area (Å²) in [5.74, 6) is -0.711. The van der Waals surface area contributed by atoms with Gasteiger partial charge >= 0.3 is 5.97 Å². The van der Waals surface area contributed by atoms with Crippen LogP contribution in [-0.2, 0) is 6.61 Å². The molecule has 1 aliphatic heterocycles. The molecule has 2 N–H and O–H groups in total. The van der Waals surface area contributed by atoms with Gasteiger partial charge in [0.1, 0.15) is 12.8 Å². The third-order valence-corrected chi connectivity index (χ3v) is 3.78. The van der Waals surface area contributed by atoms with E-state index in [9.17, 15) is 9.90 Å². The Kier molecular flexibility index (Phi) is 4.39. The lowest BCUT2D eigenvalue weighted by Crippen LogP contribution is -2.33. The van der Waals surface area contributed by atoms with E-state index in [1.54, 1.807) is 0 Å². The van der Waals surface area contributed by atoms with Crippen LogP contribution in [0.3, 0.4) is 0 Å². The van der Waals surface area contributed by atoms with Crippen LogP contribution in [0.25, 0.3) is 0 Å². The zero-order valence-corrected chi connectivity index (χ0v) is 12.2. The number of hydrogen-bond acceptors (Lipinski definition) is 4. The molecule has 1 atom stereocenters. The van der Waals surface area contributed by atoms with Crippen LogP contribution in [0.15, 0.2) is 36.5 Å². The van der Waals surface area contributed by atoms with Gasteiger partial charge < -0.3 is 9.84 Å². The number of benzene rings is 1. The number of ether oxygens (including phenoxy) is 1. The fraction of sp³-hybridized carbons (Fsp3) is 0.375. The van der Waals surface area contributed by atoms with Gasteiger partial charge in [-0.25, -0.2) is 9.48 Å². The Morgan fingerprint density at radius 3 is 2.86 bits per heavy atom. The Bertz CT molecular complexity index is 633. The minimum absolute atomic E-state index is 0.0751. The molecular formula is C16H19N3O3. The number of carboxylic acid groups (broad SMARTS) is 1. The number of carboxylic acids is 1. The number of nitrogens with zero attached hydrogens (tertiary/aromatic N) is 2. The topological polar surface area (TPSA) is 76.4 Å². The lowest BCUT2D eigenvalue weighted by molar-refractivity contribution is 0.0670. The molecule has 2 heterocycles. The first-order valence-corrected chi connectivity index (χ1v) is 7.46. The Hall–Kier alpha value is -2.34. The van der Waals surface area contributed by atoms with E-state index in [1.807, 2.05) is 30.3 Å². The molecule has 0 radical (unpaired) electrons. The molecule has 1 saturated heterocycles. The van der Waals surface area contributed by atoms with Crippen LogP contribution in [0.4, 0.5) is 0 Å². The summed E-state index contributed by atoms with van der Waals surface area (Å²) < 4.78 is 7.19. The van der Waals surface area contributed by atoms with Gasteiger partial charge in [0.25, 0.3) is 0 Å². The van der Waals surface area contributed by atoms with Crippen LogP contribution in [0.2, 0.25) is 0 Å². The number of aromatic carboxylic acids is 1. The quantitative estimate of drug-likeness (QED) is 0.887. The van der Waals surface area contributed by atoms with Gasteiger partial charge in [0.2, 0.25) is 0 Å². The van der Waals surface area contributed by atoms with Crippen LogP contribution in [-0.4, -0.2) is 27.4 Å². The molecule has 6 nitrogen and oxygen atoms in total. The highest BCUT2D eigenvalue weighted by atomic mass is 16.5. The molecule has 0 bridgehead atoms. The summed E-state index contributed by atoms with van der Waals surface area (Å²) in [6.45, 7) is 1.20. The molecule has 3 rings (SSSR count). The third kappa shape index (κ3) is 3.12. The van der Waals surface area contributed by atoms with Crippen molar-refractivity contribution in [1.82, 2.24) is 15.1 Å². The van der Waals surface area contributed by atoms with Crippen molar-refractivity contribution >= 4 is 5.97 Å². The first-order valence-electron chi connectivity index (χ1n) is 7.46. The summed E-state index contributed by atoms with van der Waals surface area (Å²) in [6, 6.07) is 9.65. The zero-order chi connectivity index (χ0) is 15.4. The first kappa shape index (κ1) is 14.6. The Labute approximate surface area is 128 Å². The Morgan fingerprint density at radius 2 is 2.18 bits per heavy atom. The monoisotopic (exact) mass is 301 g/mol. The van der Waals surface area contributed by atoms with Crippen LogP contribution >= 0.6 is 0 Å². The summed E-state index contributed by atoms with van der Waals surface area (Å²) >= 11 is 0. The van der Waals surface area contributed by atoms with Gasteiger partial charge in [0.05, 0.1) is 6.20 Å². The van der Waals surface area contributed by atoms with Crippen molar-refractivity contribution in [2.45, 2.75) is 32.0 Å². The number of carbonyl (C=O) groups is 1. The van der Waals surface area contributed by atoms with Crippen molar-refractivity contribution in [2.24, 2.45) is 0 Å². The highest BCUT2D eigenvalue weighted by Crippen LogP contribution is 2.25. The van der Waals surface area contributed by atoms with Gasteiger partial charge in [-0.1, -0.05) is 30.3 Å². The van der Waals surface area contributed by atoms with Gasteiger partial charge in [0.15, 0.2) is 11.4 Å². The predicted molar refractivity (Wildman–Crippen MR) is 80.9 cm³/mol. The van der Waals surface area contributed by atoms with Gasteiger partial charge in [-0.2, -0.15) is 5.10 Å². The largest absolute Gasteiger partial charge is 0.485 e. The van der Waals surface area contributed by atoms with E-state index in [4.69, 9.17) is 4.74 Å². The van der Waals surface area contributed by atoms with Gasteiger partial charge in [-0.15, -0.1) is 0 Å². The number of piperidine rings is 1. The fourth-order valence-corrected chi connectivity index (χ4v) is 2.67. The average Bonchev–Trinajstić information content (AvgIpc) is 2.99. The Morgan fingerprint density at radius 1 is 1.36 bits per heavy atom. The summed E-state index contributed by atoms with van der Waals surface area (Å²) in [5, 5.41) is 17.0. The van der Waals surface area contributed by atoms with E-state index in [-0.39, 0.29) is 11.9 Å². The van der Waals surface area contributed by atoms with Crippen LogP contribution in [0, 0.1) is 0 Å². The third-order valence-electron chi connectivity index (χ3n) is 3.78. The lowest BCUT2D eigenvalue weighted by Gasteiger charge is -2.24. The Balaban J connectivity index is 1.79. The molecule has 1 aliphatic rings. The molecule has 0 spiro atoms. The molecule has 1 aromatic heterocycles. The van der Waals surface area contributed by atoms with Gasteiger partial charge in [0, 0.05) is 0 Å². The van der Waals surface area contributed by atoms with E-state index in [2.05, 4.69) is 10.4 Å². The maximum Gasteiger partial charge on any atom is 0.358 e. The maximum absolute atomic E-state index is 11.6. The molecule has 2 aromatic rings. The summed E-state index contributed by atoms with van der Waals surface area (Å²) in [7, 11) is 0. The summed E-state index contributed by atoms with van der Waals surface area (Å²) in [5.41, 5.74) is 1.10. The van der Waals surface area contributed by atoms with E-state index in [1.165, 1.54) is 10.9 Å². The molecule has 6 heteroatoms. The second-order valence-electron chi connectivity index (χ2n) is 5.35. The van der Waals surface area contributed by atoms with Crippen molar-refractivity contribution in [3.8, 4) is 5.75 Å². The molecule has 0 aliphatic carbocycles. The second kappa shape index (κ2) is 6.62. The molecule has 0 saturated carbocycles. The smallest absolute Gasteiger partial charge is 0.358 e. The number of nitrogens with one attached hydrogen (secondary N) is 1. The zero-order valence-electron chi connectivity index (χ0n) is 12.2. The number of hydrogen-bond donors (Lipinski definition) is 2. The minimum atomic E-state index is -1.02. The maximum atomic E-state index is 11.6. The minimum Gasteiger partial charge on any atom is -0.485 e. The molecule has 116 valence electrons. The first-order chi connectivity index (χ1) is 10.8.